The van der Waals surface area contributed by atoms with E-state index in [9.17, 15) is 4.79 Å². The van der Waals surface area contributed by atoms with Gasteiger partial charge in [0, 0.05) is 19.3 Å². The highest BCUT2D eigenvalue weighted by Crippen LogP contribution is 2.28. The van der Waals surface area contributed by atoms with Gasteiger partial charge in [-0.1, -0.05) is 6.07 Å². The molecule has 29 heavy (non-hydrogen) atoms. The first-order valence-corrected chi connectivity index (χ1v) is 9.55. The minimum atomic E-state index is -0.0815. The van der Waals surface area contributed by atoms with Crippen molar-refractivity contribution in [3.63, 3.8) is 0 Å². The van der Waals surface area contributed by atoms with Gasteiger partial charge >= 0.3 is 0 Å². The van der Waals surface area contributed by atoms with Crippen LogP contribution < -0.4 is 0 Å². The summed E-state index contributed by atoms with van der Waals surface area (Å²) in [5.74, 6) is 0.530. The van der Waals surface area contributed by atoms with Crippen molar-refractivity contribution in [1.82, 2.24) is 24.6 Å². The minimum Gasteiger partial charge on any atom is -0.463 e. The van der Waals surface area contributed by atoms with E-state index in [2.05, 4.69) is 10.1 Å². The van der Waals surface area contributed by atoms with Crippen molar-refractivity contribution in [2.45, 2.75) is 33.4 Å². The average Bonchev–Trinajstić information content (AvgIpc) is 3.34. The molecule has 1 amide bonds. The molecule has 0 atom stereocenters. The molecular weight excluding hydrogens is 366 g/mol. The second-order valence-electron chi connectivity index (χ2n) is 7.29. The molecule has 0 fully saturated rings. The Bertz CT molecular complexity index is 1150. The van der Waals surface area contributed by atoms with Gasteiger partial charge < -0.3 is 9.32 Å². The molecule has 7 nitrogen and oxygen atoms in total. The summed E-state index contributed by atoms with van der Waals surface area (Å²) < 4.78 is 7.23. The normalized spacial score (nSPS) is 11.3. The van der Waals surface area contributed by atoms with Crippen molar-refractivity contribution < 1.29 is 9.21 Å². The molecule has 4 aromatic heterocycles. The third kappa shape index (κ3) is 3.51. The van der Waals surface area contributed by atoms with E-state index >= 15 is 0 Å². The zero-order valence-electron chi connectivity index (χ0n) is 17.0. The second-order valence-corrected chi connectivity index (χ2v) is 7.29. The van der Waals surface area contributed by atoms with Crippen LogP contribution in [0.1, 0.15) is 35.6 Å². The van der Waals surface area contributed by atoms with Crippen LogP contribution in [0.5, 0.6) is 0 Å². The molecule has 0 spiro atoms. The fraction of sp³-hybridized carbons (Fsp3) is 0.273. The van der Waals surface area contributed by atoms with Crippen LogP contribution in [0.4, 0.5) is 0 Å². The Kier molecular flexibility index (Phi) is 4.88. The van der Waals surface area contributed by atoms with Gasteiger partial charge in [0.25, 0.3) is 5.91 Å². The Labute approximate surface area is 169 Å². The number of hydrogen-bond donors (Lipinski definition) is 0. The Hall–Kier alpha value is -3.48. The number of furan rings is 1. The van der Waals surface area contributed by atoms with Gasteiger partial charge in [-0.3, -0.25) is 14.5 Å². The topological polar surface area (TPSA) is 77.0 Å². The number of rotatable bonds is 5. The van der Waals surface area contributed by atoms with Crippen LogP contribution in [0.2, 0.25) is 0 Å². The van der Waals surface area contributed by atoms with E-state index in [4.69, 9.17) is 9.40 Å². The molecule has 148 valence electrons. The van der Waals surface area contributed by atoms with Gasteiger partial charge in [0.2, 0.25) is 0 Å². The fourth-order valence-corrected chi connectivity index (χ4v) is 3.47. The smallest absolute Gasteiger partial charge is 0.255 e. The monoisotopic (exact) mass is 389 g/mol. The molecular formula is C22H23N5O2. The predicted octanol–water partition coefficient (Wildman–Crippen LogP) is 3.98. The lowest BCUT2D eigenvalue weighted by Crippen LogP contribution is -2.36. The molecule has 0 saturated heterocycles. The Balaban J connectivity index is 1.85. The predicted molar refractivity (Wildman–Crippen MR) is 110 cm³/mol. The van der Waals surface area contributed by atoms with Crippen LogP contribution >= 0.6 is 0 Å². The van der Waals surface area contributed by atoms with Gasteiger partial charge in [0.15, 0.2) is 11.4 Å². The summed E-state index contributed by atoms with van der Waals surface area (Å²) in [5.41, 5.74) is 3.44. The van der Waals surface area contributed by atoms with Crippen molar-refractivity contribution in [3.8, 4) is 11.5 Å². The first-order valence-electron chi connectivity index (χ1n) is 9.55. The van der Waals surface area contributed by atoms with E-state index in [1.807, 2.05) is 57.0 Å². The summed E-state index contributed by atoms with van der Waals surface area (Å²) in [4.78, 5) is 24.6. The van der Waals surface area contributed by atoms with E-state index in [0.29, 0.717) is 29.2 Å². The molecule has 0 aliphatic rings. The Morgan fingerprint density at radius 1 is 1.24 bits per heavy atom. The molecule has 4 aromatic rings. The zero-order valence-corrected chi connectivity index (χ0v) is 17.0. The van der Waals surface area contributed by atoms with E-state index in [1.165, 1.54) is 0 Å². The van der Waals surface area contributed by atoms with Crippen molar-refractivity contribution in [1.29, 1.82) is 0 Å². The standard InChI is InChI=1S/C22H23N5O2/c1-14(2)27(13-16-8-5-6-10-23-16)22(28)17-12-18(19-9-7-11-29-19)24-21-20(17)15(3)25-26(21)4/h5-12,14H,13H2,1-4H3. The summed E-state index contributed by atoms with van der Waals surface area (Å²) in [6, 6.07) is 11.2. The quantitative estimate of drug-likeness (QED) is 0.516. The number of carbonyl (C=O) groups excluding carboxylic acids is 1. The SMILES string of the molecule is Cc1nn(C)c2nc(-c3ccco3)cc(C(=O)N(Cc3ccccn3)C(C)C)c12. The number of aromatic nitrogens is 4. The maximum absolute atomic E-state index is 13.7. The first-order chi connectivity index (χ1) is 14.0. The first kappa shape index (κ1) is 18.9. The third-order valence-corrected chi connectivity index (χ3v) is 4.92. The second kappa shape index (κ2) is 7.50. The maximum atomic E-state index is 13.7. The van der Waals surface area contributed by atoms with Crippen LogP contribution in [-0.2, 0) is 13.6 Å². The summed E-state index contributed by atoms with van der Waals surface area (Å²) in [5, 5.41) is 5.25. The molecule has 0 aliphatic heterocycles. The molecule has 0 unspecified atom stereocenters. The molecule has 4 heterocycles. The van der Waals surface area contributed by atoms with E-state index in [1.54, 1.807) is 29.3 Å². The fourth-order valence-electron chi connectivity index (χ4n) is 3.47. The summed E-state index contributed by atoms with van der Waals surface area (Å²) in [6.45, 7) is 6.33. The highest BCUT2D eigenvalue weighted by Gasteiger charge is 2.25. The molecule has 7 heteroatoms. The lowest BCUT2D eigenvalue weighted by Gasteiger charge is -2.27. The van der Waals surface area contributed by atoms with Crippen LogP contribution in [0.25, 0.3) is 22.5 Å². The third-order valence-electron chi connectivity index (χ3n) is 4.92. The van der Waals surface area contributed by atoms with E-state index in [0.717, 1.165) is 16.8 Å². The van der Waals surface area contributed by atoms with Crippen molar-refractivity contribution in [2.24, 2.45) is 7.05 Å². The van der Waals surface area contributed by atoms with Gasteiger partial charge in [0.05, 0.1) is 35.1 Å². The summed E-state index contributed by atoms with van der Waals surface area (Å²) in [6.07, 6.45) is 3.34. The van der Waals surface area contributed by atoms with Crippen molar-refractivity contribution in [3.05, 3.63) is 65.8 Å². The van der Waals surface area contributed by atoms with Gasteiger partial charge in [-0.2, -0.15) is 5.10 Å². The molecule has 4 rings (SSSR count). The van der Waals surface area contributed by atoms with Crippen molar-refractivity contribution in [2.75, 3.05) is 0 Å². The largest absolute Gasteiger partial charge is 0.463 e. The molecule has 0 saturated carbocycles. The van der Waals surface area contributed by atoms with Crippen LogP contribution in [-0.4, -0.2) is 36.6 Å². The summed E-state index contributed by atoms with van der Waals surface area (Å²) in [7, 11) is 1.83. The zero-order chi connectivity index (χ0) is 20.5. The number of pyridine rings is 2. The summed E-state index contributed by atoms with van der Waals surface area (Å²) >= 11 is 0. The lowest BCUT2D eigenvalue weighted by atomic mass is 10.1. The van der Waals surface area contributed by atoms with Crippen LogP contribution in [0.3, 0.4) is 0 Å². The van der Waals surface area contributed by atoms with E-state index in [-0.39, 0.29) is 11.9 Å². The van der Waals surface area contributed by atoms with Crippen LogP contribution in [0, 0.1) is 6.92 Å². The van der Waals surface area contributed by atoms with Gasteiger partial charge in [0.1, 0.15) is 5.69 Å². The number of fused-ring (bicyclic) bond motifs is 1. The Morgan fingerprint density at radius 2 is 2.07 bits per heavy atom. The average molecular weight is 389 g/mol. The minimum absolute atomic E-state index is 0.00300. The molecule has 0 bridgehead atoms. The highest BCUT2D eigenvalue weighted by atomic mass is 16.3. The molecule has 0 aliphatic carbocycles. The van der Waals surface area contributed by atoms with Crippen molar-refractivity contribution >= 4 is 16.9 Å². The van der Waals surface area contributed by atoms with Gasteiger partial charge in [-0.25, -0.2) is 4.98 Å². The Morgan fingerprint density at radius 3 is 2.72 bits per heavy atom. The molecule has 0 radical (unpaired) electrons. The number of hydrogen-bond acceptors (Lipinski definition) is 5. The lowest BCUT2D eigenvalue weighted by molar-refractivity contribution is 0.0690. The number of carbonyl (C=O) groups is 1. The molecule has 0 N–H and O–H groups in total. The number of amides is 1. The van der Waals surface area contributed by atoms with Crippen LogP contribution in [0.15, 0.2) is 53.3 Å². The number of aryl methyl sites for hydroxylation is 2. The van der Waals surface area contributed by atoms with E-state index < -0.39 is 0 Å². The van der Waals surface area contributed by atoms with Gasteiger partial charge in [-0.05, 0) is 51.1 Å². The maximum Gasteiger partial charge on any atom is 0.255 e. The van der Waals surface area contributed by atoms with Gasteiger partial charge in [-0.15, -0.1) is 0 Å². The number of nitrogens with zero attached hydrogens (tertiary/aromatic N) is 5. The molecule has 0 aromatic carbocycles. The highest BCUT2D eigenvalue weighted by molar-refractivity contribution is 6.07.